The van der Waals surface area contributed by atoms with Crippen LogP contribution in [-0.2, 0) is 4.79 Å². The first-order chi connectivity index (χ1) is 9.86. The number of quaternary nitrogens is 1. The van der Waals surface area contributed by atoms with E-state index in [-0.39, 0.29) is 11.9 Å². The number of carbonyl (C=O) groups is 1. The predicted molar refractivity (Wildman–Crippen MR) is 82.0 cm³/mol. The molecule has 0 saturated carbocycles. The second-order valence-electron chi connectivity index (χ2n) is 5.78. The van der Waals surface area contributed by atoms with E-state index in [1.807, 2.05) is 13.0 Å². The highest BCUT2D eigenvalue weighted by atomic mass is 16.4. The van der Waals surface area contributed by atoms with Gasteiger partial charge in [0.15, 0.2) is 6.04 Å². The van der Waals surface area contributed by atoms with E-state index in [4.69, 9.17) is 4.42 Å². The van der Waals surface area contributed by atoms with E-state index in [2.05, 4.69) is 24.9 Å². The molecule has 1 heterocycles. The Labute approximate surface area is 123 Å². The molecule has 0 aliphatic rings. The second-order valence-corrected chi connectivity index (χ2v) is 5.78. The van der Waals surface area contributed by atoms with Crippen LogP contribution in [0.4, 0.5) is 5.69 Å². The van der Waals surface area contributed by atoms with Gasteiger partial charge in [-0.25, -0.2) is 4.79 Å². The molecular weight excluding hydrogens is 268 g/mol. The smallest absolute Gasteiger partial charge is 0.336 e. The van der Waals surface area contributed by atoms with Gasteiger partial charge in [0.1, 0.15) is 5.58 Å². The zero-order valence-electron chi connectivity index (χ0n) is 12.6. The average molecular weight is 289 g/mol. The molecule has 1 aromatic heterocycles. The molecular formula is C16H21N2O3+. The first-order valence-electron chi connectivity index (χ1n) is 7.05. The van der Waals surface area contributed by atoms with Crippen molar-refractivity contribution >= 4 is 22.6 Å². The molecule has 0 unspecified atom stereocenters. The summed E-state index contributed by atoms with van der Waals surface area (Å²) in [5, 5.41) is 3.68. The number of aryl methyl sites for hydroxylation is 1. The Bertz CT molecular complexity index is 719. The monoisotopic (exact) mass is 289 g/mol. The molecule has 1 amide bonds. The van der Waals surface area contributed by atoms with Crippen molar-refractivity contribution in [2.45, 2.75) is 33.2 Å². The standard InChI is InChI=1S/C16H20N2O3/c1-9(2)6-13(17)16(20)18-11-4-5-12-10(3)7-15(19)21-14(12)8-11/h4-5,7-9,13H,6,17H2,1-3H3,(H,18,20)/p+1/t13-/m0/s1. The van der Waals surface area contributed by atoms with Crippen molar-refractivity contribution in [2.24, 2.45) is 5.92 Å². The third-order valence-electron chi connectivity index (χ3n) is 3.35. The maximum atomic E-state index is 12.1. The molecule has 0 radical (unpaired) electrons. The van der Waals surface area contributed by atoms with E-state index in [0.29, 0.717) is 17.2 Å². The molecule has 5 heteroatoms. The normalized spacial score (nSPS) is 12.6. The molecule has 1 aromatic carbocycles. The van der Waals surface area contributed by atoms with Crippen LogP contribution in [0.2, 0.25) is 0 Å². The minimum absolute atomic E-state index is 0.127. The Morgan fingerprint density at radius 1 is 1.33 bits per heavy atom. The van der Waals surface area contributed by atoms with E-state index in [9.17, 15) is 9.59 Å². The van der Waals surface area contributed by atoms with Crippen LogP contribution in [0.1, 0.15) is 25.8 Å². The van der Waals surface area contributed by atoms with E-state index in [0.717, 1.165) is 17.4 Å². The minimum atomic E-state index is -0.390. The highest BCUT2D eigenvalue weighted by molar-refractivity contribution is 5.95. The van der Waals surface area contributed by atoms with Crippen molar-refractivity contribution in [1.29, 1.82) is 0 Å². The highest BCUT2D eigenvalue weighted by Gasteiger charge is 2.18. The summed E-state index contributed by atoms with van der Waals surface area (Å²) in [6.45, 7) is 5.96. The maximum Gasteiger partial charge on any atom is 0.336 e. The summed E-state index contributed by atoms with van der Waals surface area (Å²) >= 11 is 0. The van der Waals surface area contributed by atoms with Crippen LogP contribution in [0.15, 0.2) is 33.5 Å². The van der Waals surface area contributed by atoms with Gasteiger partial charge in [-0.2, -0.15) is 0 Å². The van der Waals surface area contributed by atoms with Crippen molar-refractivity contribution < 1.29 is 14.9 Å². The van der Waals surface area contributed by atoms with Crippen molar-refractivity contribution in [2.75, 3.05) is 5.32 Å². The summed E-state index contributed by atoms with van der Waals surface area (Å²) in [6.07, 6.45) is 0.730. The minimum Gasteiger partial charge on any atom is -0.423 e. The van der Waals surface area contributed by atoms with Gasteiger partial charge >= 0.3 is 5.63 Å². The van der Waals surface area contributed by atoms with Crippen LogP contribution in [-0.4, -0.2) is 11.9 Å². The molecule has 0 fully saturated rings. The lowest BCUT2D eigenvalue weighted by molar-refractivity contribution is -0.405. The van der Waals surface area contributed by atoms with Crippen LogP contribution < -0.4 is 16.7 Å². The second kappa shape index (κ2) is 6.10. The van der Waals surface area contributed by atoms with E-state index < -0.39 is 5.63 Å². The van der Waals surface area contributed by atoms with Gasteiger partial charge in [0.2, 0.25) is 0 Å². The molecule has 0 spiro atoms. The number of benzene rings is 1. The lowest BCUT2D eigenvalue weighted by Gasteiger charge is -2.12. The average Bonchev–Trinajstić information content (AvgIpc) is 2.37. The predicted octanol–water partition coefficient (Wildman–Crippen LogP) is 1.70. The van der Waals surface area contributed by atoms with Crippen LogP contribution in [0.5, 0.6) is 0 Å². The number of hydrogen-bond donors (Lipinski definition) is 2. The molecule has 0 saturated heterocycles. The molecule has 21 heavy (non-hydrogen) atoms. The molecule has 2 rings (SSSR count). The van der Waals surface area contributed by atoms with Gasteiger partial charge in [0.25, 0.3) is 5.91 Å². The van der Waals surface area contributed by atoms with Gasteiger partial charge in [0.05, 0.1) is 0 Å². The molecule has 112 valence electrons. The van der Waals surface area contributed by atoms with Crippen LogP contribution in [0.3, 0.4) is 0 Å². The number of nitrogens with one attached hydrogen (secondary N) is 1. The van der Waals surface area contributed by atoms with Gasteiger partial charge in [-0.05, 0) is 30.5 Å². The molecule has 2 aromatic rings. The number of carbonyl (C=O) groups excluding carboxylic acids is 1. The first kappa shape index (κ1) is 15.3. The van der Waals surface area contributed by atoms with Gasteiger partial charge in [-0.15, -0.1) is 0 Å². The van der Waals surface area contributed by atoms with Crippen LogP contribution in [0.25, 0.3) is 11.0 Å². The van der Waals surface area contributed by atoms with Gasteiger partial charge in [-0.3, -0.25) is 4.79 Å². The van der Waals surface area contributed by atoms with E-state index in [1.54, 1.807) is 12.1 Å². The summed E-state index contributed by atoms with van der Waals surface area (Å²) < 4.78 is 5.17. The Hall–Kier alpha value is -2.14. The van der Waals surface area contributed by atoms with Gasteiger partial charge in [-0.1, -0.05) is 13.8 Å². The molecule has 1 atom stereocenters. The summed E-state index contributed by atoms with van der Waals surface area (Å²) in [5.74, 6) is 0.286. The number of anilines is 1. The Kier molecular flexibility index (Phi) is 4.43. The quantitative estimate of drug-likeness (QED) is 0.840. The van der Waals surface area contributed by atoms with Crippen molar-refractivity contribution in [3.63, 3.8) is 0 Å². The largest absolute Gasteiger partial charge is 0.423 e. The van der Waals surface area contributed by atoms with Gasteiger partial charge in [0, 0.05) is 29.6 Å². The fourth-order valence-corrected chi connectivity index (χ4v) is 2.32. The number of rotatable bonds is 4. The maximum absolute atomic E-state index is 12.1. The third kappa shape index (κ3) is 3.70. The lowest BCUT2D eigenvalue weighted by atomic mass is 10.0. The van der Waals surface area contributed by atoms with E-state index in [1.165, 1.54) is 6.07 Å². The number of hydrogen-bond acceptors (Lipinski definition) is 3. The van der Waals surface area contributed by atoms with Crippen molar-refractivity contribution in [3.8, 4) is 0 Å². The molecule has 0 aliphatic carbocycles. The Morgan fingerprint density at radius 3 is 2.71 bits per heavy atom. The first-order valence-corrected chi connectivity index (χ1v) is 7.05. The van der Waals surface area contributed by atoms with E-state index >= 15 is 0 Å². The number of fused-ring (bicyclic) bond motifs is 1. The van der Waals surface area contributed by atoms with Crippen molar-refractivity contribution in [1.82, 2.24) is 0 Å². The topological polar surface area (TPSA) is 87.0 Å². The van der Waals surface area contributed by atoms with Gasteiger partial charge < -0.3 is 15.5 Å². The zero-order chi connectivity index (χ0) is 15.6. The van der Waals surface area contributed by atoms with Crippen LogP contribution in [0, 0.1) is 12.8 Å². The molecule has 0 bridgehead atoms. The summed E-state index contributed by atoms with van der Waals surface area (Å²) in [7, 11) is 0. The fourth-order valence-electron chi connectivity index (χ4n) is 2.32. The fraction of sp³-hybridized carbons (Fsp3) is 0.375. The summed E-state index contributed by atoms with van der Waals surface area (Å²) in [6, 6.07) is 6.46. The summed E-state index contributed by atoms with van der Waals surface area (Å²) in [4.78, 5) is 23.5. The Balaban J connectivity index is 2.23. The molecule has 0 aliphatic heterocycles. The molecule has 4 N–H and O–H groups in total. The third-order valence-corrected chi connectivity index (χ3v) is 3.35. The van der Waals surface area contributed by atoms with Crippen molar-refractivity contribution in [3.05, 3.63) is 40.2 Å². The van der Waals surface area contributed by atoms with Crippen LogP contribution >= 0.6 is 0 Å². The SMILES string of the molecule is Cc1cc(=O)oc2cc(NC(=O)[C@@H]([NH3+])CC(C)C)ccc12. The zero-order valence-corrected chi connectivity index (χ0v) is 12.6. The Morgan fingerprint density at radius 2 is 2.05 bits per heavy atom. The molecule has 5 nitrogen and oxygen atoms in total. The highest BCUT2D eigenvalue weighted by Crippen LogP contribution is 2.20. The summed E-state index contributed by atoms with van der Waals surface area (Å²) in [5.41, 5.74) is 5.43. The lowest BCUT2D eigenvalue weighted by Crippen LogP contribution is -2.66. The number of amides is 1.